The van der Waals surface area contributed by atoms with E-state index in [-0.39, 0.29) is 36.8 Å². The average Bonchev–Trinajstić information content (AvgIpc) is 3.58. The first kappa shape index (κ1) is 50.9. The van der Waals surface area contributed by atoms with Gasteiger partial charge in [0.25, 0.3) is 8.53 Å². The summed E-state index contributed by atoms with van der Waals surface area (Å²) in [4.78, 5) is 18.6. The Morgan fingerprint density at radius 3 is 1.91 bits per heavy atom. The highest BCUT2D eigenvalue weighted by Gasteiger charge is 2.54. The molecule has 1 saturated heterocycles. The van der Waals surface area contributed by atoms with Crippen molar-refractivity contribution >= 4 is 28.6 Å². The lowest BCUT2D eigenvalue weighted by molar-refractivity contribution is -0.0943. The summed E-state index contributed by atoms with van der Waals surface area (Å²) in [6.07, 6.45) is -1.31. The van der Waals surface area contributed by atoms with E-state index in [1.807, 2.05) is 78.9 Å². The molecular formula is C48H64N5O8PSSi. The normalized spacial score (nSPS) is 18.6. The molecule has 344 valence electrons. The number of thioether (sulfide) groups is 1. The Morgan fingerprint density at radius 2 is 1.41 bits per heavy atom. The molecular weight excluding hydrogens is 866 g/mol. The lowest BCUT2D eigenvalue weighted by atomic mass is 9.80. The van der Waals surface area contributed by atoms with E-state index in [9.17, 15) is 10.1 Å². The predicted molar refractivity (Wildman–Crippen MR) is 254 cm³/mol. The van der Waals surface area contributed by atoms with Crippen molar-refractivity contribution in [2.45, 2.75) is 127 Å². The first-order valence-corrected chi connectivity index (χ1v) is 26.7. The Hall–Kier alpha value is -4.12. The molecule has 1 aliphatic rings. The minimum Gasteiger partial charge on any atom is -0.497 e. The van der Waals surface area contributed by atoms with Crippen LogP contribution in [0.4, 0.5) is 0 Å². The van der Waals surface area contributed by atoms with Crippen molar-refractivity contribution in [2.75, 3.05) is 33.2 Å². The Balaban J connectivity index is 1.73. The minimum absolute atomic E-state index is 0.00884. The van der Waals surface area contributed by atoms with Gasteiger partial charge in [-0.1, -0.05) is 75.4 Å². The fourth-order valence-corrected chi connectivity index (χ4v) is 11.1. The van der Waals surface area contributed by atoms with Crippen molar-refractivity contribution in [1.29, 1.82) is 10.5 Å². The standard InChI is InChI=1S/C48H64N5O8PSSi/c1-34(2)53(35(3)4)62(58-31-15-28-49)60-43-41(59-45(44(43)61-64(10,11)47(5,6)7)52-30-27-42(51-46(52)54)63-32-16-29-50)33-57-48(36-17-13-12-14-18-36,37-19-23-39(55-8)24-20-37)38-21-25-40(56-9)26-22-38/h12-14,17-27,30,34-35,41,43-45H,15-16,31-33H2,1-11H3/t41-,43-,44-,45-,62?/m1/s1. The third kappa shape index (κ3) is 12.0. The first-order valence-electron chi connectivity index (χ1n) is 21.7. The topological polar surface area (TPSA) is 150 Å². The lowest BCUT2D eigenvalue weighted by Crippen LogP contribution is -2.50. The van der Waals surface area contributed by atoms with Crippen LogP contribution in [-0.4, -0.2) is 86.1 Å². The molecule has 0 amide bonds. The molecule has 0 spiro atoms. The van der Waals surface area contributed by atoms with Gasteiger partial charge in [0.05, 0.1) is 46.0 Å². The molecule has 4 aromatic rings. The molecule has 64 heavy (non-hydrogen) atoms. The fraction of sp³-hybridized carbons (Fsp3) is 0.500. The maximum atomic E-state index is 14.1. The Kier molecular flexibility index (Phi) is 18.2. The van der Waals surface area contributed by atoms with Gasteiger partial charge < -0.3 is 32.4 Å². The number of nitriles is 2. The quantitative estimate of drug-likeness (QED) is 0.0184. The van der Waals surface area contributed by atoms with Crippen molar-refractivity contribution < 1.29 is 32.4 Å². The van der Waals surface area contributed by atoms with Gasteiger partial charge in [-0.15, -0.1) is 11.8 Å². The monoisotopic (exact) mass is 929 g/mol. The molecule has 0 N–H and O–H groups in total. The highest BCUT2D eigenvalue weighted by Crippen LogP contribution is 2.52. The third-order valence-corrected chi connectivity index (χ3v) is 19.1. The summed E-state index contributed by atoms with van der Waals surface area (Å²) in [6.45, 7) is 19.3. The van der Waals surface area contributed by atoms with Crippen LogP contribution in [-0.2, 0) is 28.5 Å². The molecule has 0 radical (unpaired) electrons. The molecule has 0 saturated carbocycles. The van der Waals surface area contributed by atoms with Crippen molar-refractivity contribution in [3.05, 3.63) is 118 Å². The van der Waals surface area contributed by atoms with E-state index in [0.29, 0.717) is 28.7 Å². The van der Waals surface area contributed by atoms with Crippen LogP contribution in [0.5, 0.6) is 11.5 Å². The Bertz CT molecular complexity index is 2170. The van der Waals surface area contributed by atoms with Crippen LogP contribution in [0.25, 0.3) is 0 Å². The summed E-state index contributed by atoms with van der Waals surface area (Å²) in [5.41, 5.74) is 0.819. The summed E-state index contributed by atoms with van der Waals surface area (Å²) in [5, 5.41) is 19.0. The molecule has 16 heteroatoms. The second-order valence-electron chi connectivity index (χ2n) is 17.6. The van der Waals surface area contributed by atoms with Crippen LogP contribution < -0.4 is 15.2 Å². The van der Waals surface area contributed by atoms with Crippen molar-refractivity contribution in [2.24, 2.45) is 0 Å². The molecule has 0 aliphatic carbocycles. The number of rotatable bonds is 22. The smallest absolute Gasteiger partial charge is 0.350 e. The summed E-state index contributed by atoms with van der Waals surface area (Å²) in [6, 6.07) is 31.8. The minimum atomic E-state index is -2.64. The maximum Gasteiger partial charge on any atom is 0.350 e. The Morgan fingerprint density at radius 1 is 0.844 bits per heavy atom. The van der Waals surface area contributed by atoms with Gasteiger partial charge in [0.15, 0.2) is 14.5 Å². The lowest BCUT2D eigenvalue weighted by Gasteiger charge is -2.42. The van der Waals surface area contributed by atoms with Crippen molar-refractivity contribution in [3.8, 4) is 23.6 Å². The van der Waals surface area contributed by atoms with Gasteiger partial charge >= 0.3 is 5.69 Å². The first-order chi connectivity index (χ1) is 30.5. The molecule has 3 aromatic carbocycles. The SMILES string of the molecule is COc1ccc(C(OC[C@H]2O[C@@H](n3ccc(SCCC#N)nc3=O)[C@H](O[Si](C)(C)C(C)(C)C)[C@@H]2OP(OCCC#N)N(C(C)C)C(C)C)(c2ccccc2)c2ccc(OC)cc2)cc1. The van der Waals surface area contributed by atoms with E-state index in [1.165, 1.54) is 16.3 Å². The number of hydrogen-bond acceptors (Lipinski definition) is 13. The second kappa shape index (κ2) is 22.9. The molecule has 2 heterocycles. The van der Waals surface area contributed by atoms with E-state index >= 15 is 0 Å². The largest absolute Gasteiger partial charge is 0.497 e. The van der Waals surface area contributed by atoms with Crippen LogP contribution in [0, 0.1) is 22.7 Å². The summed E-state index contributed by atoms with van der Waals surface area (Å²) in [7, 11) is -1.19. The van der Waals surface area contributed by atoms with Gasteiger partial charge in [0.1, 0.15) is 40.4 Å². The summed E-state index contributed by atoms with van der Waals surface area (Å²) < 4.78 is 50.6. The number of aromatic nitrogens is 2. The van der Waals surface area contributed by atoms with Gasteiger partial charge in [-0.2, -0.15) is 15.5 Å². The molecule has 0 bridgehead atoms. The summed E-state index contributed by atoms with van der Waals surface area (Å²) >= 11 is 1.35. The van der Waals surface area contributed by atoms with Gasteiger partial charge in [-0.25, -0.2) is 9.46 Å². The van der Waals surface area contributed by atoms with Gasteiger partial charge in [-0.05, 0) is 92.8 Å². The third-order valence-electron chi connectivity index (χ3n) is 11.6. The number of ether oxygens (including phenoxy) is 4. The number of nitrogens with zero attached hydrogens (tertiary/aromatic N) is 5. The van der Waals surface area contributed by atoms with Crippen molar-refractivity contribution in [1.82, 2.24) is 14.2 Å². The second-order valence-corrected chi connectivity index (χ2v) is 24.8. The molecule has 1 aliphatic heterocycles. The fourth-order valence-electron chi connectivity index (χ4n) is 7.39. The molecule has 1 fully saturated rings. The zero-order valence-electron chi connectivity index (χ0n) is 39.0. The van der Waals surface area contributed by atoms with Crippen LogP contribution >= 0.6 is 20.3 Å². The molecule has 1 aromatic heterocycles. The van der Waals surface area contributed by atoms with Gasteiger partial charge in [0.2, 0.25) is 0 Å². The van der Waals surface area contributed by atoms with Gasteiger partial charge in [0, 0.05) is 30.5 Å². The van der Waals surface area contributed by atoms with Gasteiger partial charge in [-0.3, -0.25) is 4.57 Å². The Labute approximate surface area is 386 Å². The zero-order chi connectivity index (χ0) is 46.7. The van der Waals surface area contributed by atoms with E-state index in [4.69, 9.17) is 37.7 Å². The highest BCUT2D eigenvalue weighted by atomic mass is 32.2. The number of methoxy groups -OCH3 is 2. The van der Waals surface area contributed by atoms with Crippen LogP contribution in [0.15, 0.2) is 101 Å². The van der Waals surface area contributed by atoms with E-state index in [1.54, 1.807) is 26.5 Å². The molecule has 13 nitrogen and oxygen atoms in total. The van der Waals surface area contributed by atoms with E-state index in [2.05, 4.69) is 83.4 Å². The zero-order valence-corrected chi connectivity index (χ0v) is 41.7. The van der Waals surface area contributed by atoms with Crippen molar-refractivity contribution in [3.63, 3.8) is 0 Å². The predicted octanol–water partition coefficient (Wildman–Crippen LogP) is 10.2. The van der Waals surface area contributed by atoms with Crippen LogP contribution in [0.1, 0.15) is 84.2 Å². The average molecular weight is 930 g/mol. The van der Waals surface area contributed by atoms with Crippen LogP contribution in [0.3, 0.4) is 0 Å². The molecule has 5 atom stereocenters. The molecule has 1 unspecified atom stereocenters. The maximum absolute atomic E-state index is 14.1. The highest BCUT2D eigenvalue weighted by molar-refractivity contribution is 7.99. The van der Waals surface area contributed by atoms with Crippen LogP contribution in [0.2, 0.25) is 18.1 Å². The van der Waals surface area contributed by atoms with E-state index in [0.717, 1.165) is 16.7 Å². The number of benzene rings is 3. The summed E-state index contributed by atoms with van der Waals surface area (Å²) in [5.74, 6) is 1.89. The van der Waals surface area contributed by atoms with E-state index < -0.39 is 52.7 Å². The molecule has 5 rings (SSSR count). The number of hydrogen-bond donors (Lipinski definition) is 0.